The lowest BCUT2D eigenvalue weighted by atomic mass is 9.63. The van der Waals surface area contributed by atoms with Crippen molar-refractivity contribution < 1.29 is 19.1 Å². The SMILES string of the molecule is CC1(C)CCC(C)(C)c2cc(OC(=O)Cc3ccc(C(=O)OCc4ccccc4)cc3)ccc21. The minimum atomic E-state index is -0.391. The number of hydrogen-bond donors (Lipinski definition) is 0. The highest BCUT2D eigenvalue weighted by atomic mass is 16.5. The zero-order valence-corrected chi connectivity index (χ0v) is 20.4. The van der Waals surface area contributed by atoms with Gasteiger partial charge in [0.1, 0.15) is 12.4 Å². The molecule has 34 heavy (non-hydrogen) atoms. The Labute approximate surface area is 201 Å². The van der Waals surface area contributed by atoms with Crippen LogP contribution in [0, 0.1) is 0 Å². The van der Waals surface area contributed by atoms with E-state index in [1.165, 1.54) is 11.1 Å². The number of rotatable bonds is 6. The fourth-order valence-corrected chi connectivity index (χ4v) is 4.53. The third-order valence-electron chi connectivity index (χ3n) is 6.81. The van der Waals surface area contributed by atoms with Crippen LogP contribution >= 0.6 is 0 Å². The number of carbonyl (C=O) groups is 2. The third kappa shape index (κ3) is 5.39. The molecule has 1 aliphatic carbocycles. The molecular weight excluding hydrogens is 424 g/mol. The molecule has 0 heterocycles. The second-order valence-electron chi connectivity index (χ2n) is 10.4. The van der Waals surface area contributed by atoms with Crippen molar-refractivity contribution in [3.05, 3.63) is 101 Å². The fourth-order valence-electron chi connectivity index (χ4n) is 4.53. The molecule has 3 aromatic carbocycles. The van der Waals surface area contributed by atoms with Gasteiger partial charge in [0.2, 0.25) is 0 Å². The van der Waals surface area contributed by atoms with Crippen LogP contribution in [0.1, 0.15) is 73.1 Å². The molecule has 0 aromatic heterocycles. The predicted octanol–water partition coefficient (Wildman–Crippen LogP) is 6.54. The van der Waals surface area contributed by atoms with E-state index >= 15 is 0 Å². The molecule has 0 saturated heterocycles. The van der Waals surface area contributed by atoms with Crippen molar-refractivity contribution in [3.63, 3.8) is 0 Å². The van der Waals surface area contributed by atoms with E-state index in [-0.39, 0.29) is 29.8 Å². The van der Waals surface area contributed by atoms with Crippen molar-refractivity contribution >= 4 is 11.9 Å². The number of esters is 2. The van der Waals surface area contributed by atoms with Crippen molar-refractivity contribution in [1.82, 2.24) is 0 Å². The van der Waals surface area contributed by atoms with Gasteiger partial charge in [-0.25, -0.2) is 4.79 Å². The molecule has 0 bridgehead atoms. The Hall–Kier alpha value is -3.40. The van der Waals surface area contributed by atoms with Gasteiger partial charge in [-0.05, 0) is 70.2 Å². The zero-order chi connectivity index (χ0) is 24.3. The number of hydrogen-bond acceptors (Lipinski definition) is 4. The molecule has 4 nitrogen and oxygen atoms in total. The van der Waals surface area contributed by atoms with Gasteiger partial charge in [0.25, 0.3) is 0 Å². The van der Waals surface area contributed by atoms with E-state index in [9.17, 15) is 9.59 Å². The van der Waals surface area contributed by atoms with Gasteiger partial charge < -0.3 is 9.47 Å². The third-order valence-corrected chi connectivity index (χ3v) is 6.81. The second-order valence-corrected chi connectivity index (χ2v) is 10.4. The molecule has 0 N–H and O–H groups in total. The fraction of sp³-hybridized carbons (Fsp3) is 0.333. The summed E-state index contributed by atoms with van der Waals surface area (Å²) in [5.74, 6) is -0.138. The second kappa shape index (κ2) is 9.46. The highest BCUT2D eigenvalue weighted by molar-refractivity contribution is 5.89. The maximum Gasteiger partial charge on any atom is 0.338 e. The molecule has 0 fully saturated rings. The summed E-state index contributed by atoms with van der Waals surface area (Å²) < 4.78 is 11.0. The van der Waals surface area contributed by atoms with Gasteiger partial charge in [-0.15, -0.1) is 0 Å². The van der Waals surface area contributed by atoms with Crippen molar-refractivity contribution in [2.75, 3.05) is 0 Å². The maximum atomic E-state index is 12.6. The zero-order valence-electron chi connectivity index (χ0n) is 20.4. The van der Waals surface area contributed by atoms with E-state index in [4.69, 9.17) is 9.47 Å². The molecule has 4 rings (SSSR count). The molecule has 0 aliphatic heterocycles. The molecule has 176 valence electrons. The molecular formula is C30H32O4. The molecule has 1 aliphatic rings. The van der Waals surface area contributed by atoms with Crippen molar-refractivity contribution in [3.8, 4) is 5.75 Å². The number of fused-ring (bicyclic) bond motifs is 1. The normalized spacial score (nSPS) is 15.8. The molecule has 0 atom stereocenters. The molecule has 0 amide bonds. The van der Waals surface area contributed by atoms with Crippen molar-refractivity contribution in [2.45, 2.75) is 64.4 Å². The lowest BCUT2D eigenvalue weighted by molar-refractivity contribution is -0.133. The average molecular weight is 457 g/mol. The van der Waals surface area contributed by atoms with E-state index in [1.54, 1.807) is 24.3 Å². The smallest absolute Gasteiger partial charge is 0.338 e. The first kappa shape index (κ1) is 23.7. The van der Waals surface area contributed by atoms with Crippen LogP contribution in [-0.4, -0.2) is 11.9 Å². The Balaban J connectivity index is 1.37. The summed E-state index contributed by atoms with van der Waals surface area (Å²) in [6, 6.07) is 22.5. The monoisotopic (exact) mass is 456 g/mol. The van der Waals surface area contributed by atoms with Gasteiger partial charge in [-0.3, -0.25) is 4.79 Å². The van der Waals surface area contributed by atoms with E-state index in [0.717, 1.165) is 24.0 Å². The maximum absolute atomic E-state index is 12.6. The van der Waals surface area contributed by atoms with Crippen LogP contribution in [0.3, 0.4) is 0 Å². The summed E-state index contributed by atoms with van der Waals surface area (Å²) in [7, 11) is 0. The van der Waals surface area contributed by atoms with Crippen LogP contribution in [0.2, 0.25) is 0 Å². The first-order valence-corrected chi connectivity index (χ1v) is 11.8. The Morgan fingerprint density at radius 3 is 2.09 bits per heavy atom. The summed E-state index contributed by atoms with van der Waals surface area (Å²) in [4.78, 5) is 24.9. The van der Waals surface area contributed by atoms with Crippen LogP contribution in [0.15, 0.2) is 72.8 Å². The van der Waals surface area contributed by atoms with Crippen molar-refractivity contribution in [1.29, 1.82) is 0 Å². The van der Waals surface area contributed by atoms with Gasteiger partial charge in [-0.1, -0.05) is 76.2 Å². The standard InChI is InChI=1S/C30H32O4/c1-29(2)16-17-30(3,4)26-19-24(14-15-25(26)29)34-27(31)18-21-10-12-23(13-11-21)28(32)33-20-22-8-6-5-7-9-22/h5-15,19H,16-18,20H2,1-4H3. The molecule has 0 radical (unpaired) electrons. The number of benzene rings is 3. The quantitative estimate of drug-likeness (QED) is 0.312. The molecule has 0 spiro atoms. The van der Waals surface area contributed by atoms with Crippen molar-refractivity contribution in [2.24, 2.45) is 0 Å². The lowest BCUT2D eigenvalue weighted by Crippen LogP contribution is -2.33. The Morgan fingerprint density at radius 2 is 1.41 bits per heavy atom. The van der Waals surface area contributed by atoms with Gasteiger partial charge in [0, 0.05) is 0 Å². The van der Waals surface area contributed by atoms with Gasteiger partial charge in [0.15, 0.2) is 0 Å². The van der Waals surface area contributed by atoms with E-state index in [2.05, 4.69) is 33.8 Å². The largest absolute Gasteiger partial charge is 0.457 e. The Bertz CT molecular complexity index is 1170. The van der Waals surface area contributed by atoms with E-state index < -0.39 is 5.97 Å². The minimum Gasteiger partial charge on any atom is -0.457 e. The highest BCUT2D eigenvalue weighted by Crippen LogP contribution is 2.46. The van der Waals surface area contributed by atoms with Crippen LogP contribution in [0.4, 0.5) is 0 Å². The summed E-state index contributed by atoms with van der Waals surface area (Å²) in [6.07, 6.45) is 2.37. The van der Waals surface area contributed by atoms with Crippen LogP contribution in [0.5, 0.6) is 5.75 Å². The average Bonchev–Trinajstić information content (AvgIpc) is 2.82. The first-order valence-electron chi connectivity index (χ1n) is 11.8. The van der Waals surface area contributed by atoms with Crippen LogP contribution in [0.25, 0.3) is 0 Å². The summed E-state index contributed by atoms with van der Waals surface area (Å²) in [6.45, 7) is 9.27. The van der Waals surface area contributed by atoms with Gasteiger partial charge in [-0.2, -0.15) is 0 Å². The van der Waals surface area contributed by atoms with Crippen LogP contribution < -0.4 is 4.74 Å². The minimum absolute atomic E-state index is 0.0538. The number of ether oxygens (including phenoxy) is 2. The lowest BCUT2D eigenvalue weighted by Gasteiger charge is -2.41. The van der Waals surface area contributed by atoms with E-state index in [1.807, 2.05) is 42.5 Å². The van der Waals surface area contributed by atoms with E-state index in [0.29, 0.717) is 11.3 Å². The predicted molar refractivity (Wildman–Crippen MR) is 133 cm³/mol. The molecule has 0 saturated carbocycles. The molecule has 0 unspecified atom stereocenters. The van der Waals surface area contributed by atoms with Gasteiger partial charge >= 0.3 is 11.9 Å². The highest BCUT2D eigenvalue weighted by Gasteiger charge is 2.37. The molecule has 3 aromatic rings. The Kier molecular flexibility index (Phi) is 6.60. The Morgan fingerprint density at radius 1 is 0.765 bits per heavy atom. The summed E-state index contributed by atoms with van der Waals surface area (Å²) in [5, 5.41) is 0. The van der Waals surface area contributed by atoms with Crippen LogP contribution in [-0.2, 0) is 33.4 Å². The summed E-state index contributed by atoms with van der Waals surface area (Å²) >= 11 is 0. The molecule has 4 heteroatoms. The summed E-state index contributed by atoms with van der Waals surface area (Å²) in [5.41, 5.74) is 4.93. The number of carbonyl (C=O) groups excluding carboxylic acids is 2. The topological polar surface area (TPSA) is 52.6 Å². The van der Waals surface area contributed by atoms with Gasteiger partial charge in [0.05, 0.1) is 12.0 Å². The first-order chi connectivity index (χ1) is 16.1.